The predicted molar refractivity (Wildman–Crippen MR) is 123 cm³/mol. The number of amides is 1. The first kappa shape index (κ1) is 19.6. The molecule has 1 aliphatic heterocycles. The third kappa shape index (κ3) is 3.35. The maximum Gasteiger partial charge on any atom is 0.253 e. The molecule has 158 valence electrons. The van der Waals surface area contributed by atoms with Crippen LogP contribution in [0.25, 0.3) is 10.8 Å². The van der Waals surface area contributed by atoms with Crippen LogP contribution < -0.4 is 10.6 Å². The Bertz CT molecular complexity index is 1170. The number of allylic oxidation sites excluding steroid dienone is 2. The molecule has 0 saturated heterocycles. The molecule has 1 heterocycles. The maximum atomic E-state index is 12.9. The first-order valence-corrected chi connectivity index (χ1v) is 10.7. The van der Waals surface area contributed by atoms with Gasteiger partial charge in [-0.15, -0.1) is 0 Å². The lowest BCUT2D eigenvalue weighted by Gasteiger charge is -2.39. The van der Waals surface area contributed by atoms with E-state index < -0.39 is 0 Å². The molecule has 0 aromatic heterocycles. The number of carbonyl (C=O) groups excluding carboxylic acids is 1. The second kappa shape index (κ2) is 8.08. The van der Waals surface area contributed by atoms with Crippen molar-refractivity contribution in [3.05, 3.63) is 83.4 Å². The number of aromatic hydroxyl groups is 1. The first-order valence-electron chi connectivity index (χ1n) is 10.7. The van der Waals surface area contributed by atoms with Crippen LogP contribution in [0.3, 0.4) is 0 Å². The Hall–Kier alpha value is -3.31. The van der Waals surface area contributed by atoms with E-state index in [2.05, 4.69) is 41.0 Å². The molecule has 1 aliphatic carbocycles. The molecule has 0 saturated carbocycles. The minimum atomic E-state index is -0.122. The molecule has 3 unspecified atom stereocenters. The molecule has 0 bridgehead atoms. The van der Waals surface area contributed by atoms with E-state index >= 15 is 0 Å². The van der Waals surface area contributed by atoms with Crippen molar-refractivity contribution in [3.63, 3.8) is 0 Å². The normalized spacial score (nSPS) is 21.4. The molecule has 1 amide bonds. The first-order chi connectivity index (χ1) is 15.2. The molecule has 0 fully saturated rings. The largest absolute Gasteiger partial charge is 0.508 e. The van der Waals surface area contributed by atoms with Gasteiger partial charge in [-0.2, -0.15) is 0 Å². The molecule has 3 N–H and O–H groups in total. The van der Waals surface area contributed by atoms with E-state index in [0.29, 0.717) is 18.7 Å². The zero-order valence-corrected chi connectivity index (χ0v) is 17.5. The fourth-order valence-corrected chi connectivity index (χ4v) is 5.07. The van der Waals surface area contributed by atoms with E-state index in [-0.39, 0.29) is 29.5 Å². The summed E-state index contributed by atoms with van der Waals surface area (Å²) in [6.45, 7) is 0.923. The summed E-state index contributed by atoms with van der Waals surface area (Å²) < 4.78 is 5.06. The molecule has 5 heteroatoms. The van der Waals surface area contributed by atoms with Gasteiger partial charge in [-0.25, -0.2) is 0 Å². The fraction of sp³-hybridized carbons (Fsp3) is 0.269. The Balaban J connectivity index is 1.61. The molecule has 0 radical (unpaired) electrons. The maximum absolute atomic E-state index is 12.9. The molecule has 5 rings (SSSR count). The number of rotatable bonds is 5. The summed E-state index contributed by atoms with van der Waals surface area (Å²) in [5.74, 6) is 0.636. The van der Waals surface area contributed by atoms with Crippen LogP contribution in [0.15, 0.2) is 66.7 Å². The predicted octanol–water partition coefficient (Wildman–Crippen LogP) is 4.75. The number of para-hydroxylation sites is 1. The number of hydrogen-bond acceptors (Lipinski definition) is 4. The zero-order valence-electron chi connectivity index (χ0n) is 17.5. The summed E-state index contributed by atoms with van der Waals surface area (Å²) in [6, 6.07) is 17.6. The van der Waals surface area contributed by atoms with Crippen molar-refractivity contribution >= 4 is 22.4 Å². The third-order valence-electron chi connectivity index (χ3n) is 6.49. The molecular formula is C26H26N2O3. The van der Waals surface area contributed by atoms with Crippen molar-refractivity contribution in [1.82, 2.24) is 5.32 Å². The van der Waals surface area contributed by atoms with Gasteiger partial charge in [-0.3, -0.25) is 4.79 Å². The summed E-state index contributed by atoms with van der Waals surface area (Å²) in [5.41, 5.74) is 3.51. The Kier molecular flexibility index (Phi) is 5.12. The van der Waals surface area contributed by atoms with Gasteiger partial charge < -0.3 is 20.5 Å². The van der Waals surface area contributed by atoms with Crippen molar-refractivity contribution in [2.45, 2.75) is 18.4 Å². The lowest BCUT2D eigenvalue weighted by atomic mass is 9.75. The van der Waals surface area contributed by atoms with E-state index in [9.17, 15) is 9.90 Å². The third-order valence-corrected chi connectivity index (χ3v) is 6.49. The van der Waals surface area contributed by atoms with Crippen LogP contribution in [-0.4, -0.2) is 31.3 Å². The molecule has 3 aromatic rings. The Morgan fingerprint density at radius 1 is 1.16 bits per heavy atom. The molecule has 5 nitrogen and oxygen atoms in total. The van der Waals surface area contributed by atoms with E-state index in [1.165, 1.54) is 0 Å². The van der Waals surface area contributed by atoms with E-state index in [0.717, 1.165) is 34.0 Å². The minimum Gasteiger partial charge on any atom is -0.508 e. The summed E-state index contributed by atoms with van der Waals surface area (Å²) in [7, 11) is 1.62. The van der Waals surface area contributed by atoms with Crippen LogP contribution in [0.1, 0.15) is 39.9 Å². The van der Waals surface area contributed by atoms with E-state index in [1.807, 2.05) is 30.3 Å². The van der Waals surface area contributed by atoms with Gasteiger partial charge in [0.2, 0.25) is 0 Å². The number of ether oxygens (including phenoxy) is 1. The topological polar surface area (TPSA) is 70.6 Å². The van der Waals surface area contributed by atoms with Gasteiger partial charge in [0.05, 0.1) is 23.9 Å². The molecule has 3 aromatic carbocycles. The van der Waals surface area contributed by atoms with Gasteiger partial charge in [0.15, 0.2) is 0 Å². The summed E-state index contributed by atoms with van der Waals surface area (Å²) in [4.78, 5) is 12.9. The van der Waals surface area contributed by atoms with Gasteiger partial charge in [-0.1, -0.05) is 54.6 Å². The SMILES string of the molecule is COCCNC(=O)c1cccc2c1NC(c1c(O)ccc3ccccc13)C1CC=CC21. The monoisotopic (exact) mass is 414 g/mol. The van der Waals surface area contributed by atoms with Crippen LogP contribution in [-0.2, 0) is 4.74 Å². The van der Waals surface area contributed by atoms with Crippen LogP contribution in [0.5, 0.6) is 5.75 Å². The summed E-state index contributed by atoms with van der Waals surface area (Å²) >= 11 is 0. The van der Waals surface area contributed by atoms with E-state index in [1.54, 1.807) is 13.2 Å². The van der Waals surface area contributed by atoms with Crippen molar-refractivity contribution in [3.8, 4) is 5.75 Å². The second-order valence-electron chi connectivity index (χ2n) is 8.21. The van der Waals surface area contributed by atoms with Crippen molar-refractivity contribution in [1.29, 1.82) is 0 Å². The van der Waals surface area contributed by atoms with Gasteiger partial charge in [0.25, 0.3) is 5.91 Å². The molecule has 2 aliphatic rings. The lowest BCUT2D eigenvalue weighted by molar-refractivity contribution is 0.0937. The number of phenols is 1. The van der Waals surface area contributed by atoms with E-state index in [4.69, 9.17) is 4.74 Å². The summed E-state index contributed by atoms with van der Waals surface area (Å²) in [5, 5.41) is 19.6. The highest BCUT2D eigenvalue weighted by Gasteiger charge is 2.40. The van der Waals surface area contributed by atoms with Gasteiger partial charge in [0.1, 0.15) is 5.75 Å². The van der Waals surface area contributed by atoms with Gasteiger partial charge in [-0.05, 0) is 40.8 Å². The summed E-state index contributed by atoms with van der Waals surface area (Å²) in [6.07, 6.45) is 5.38. The smallest absolute Gasteiger partial charge is 0.253 e. The number of nitrogens with one attached hydrogen (secondary N) is 2. The number of hydrogen-bond donors (Lipinski definition) is 3. The van der Waals surface area contributed by atoms with Crippen molar-refractivity contribution in [2.24, 2.45) is 5.92 Å². The van der Waals surface area contributed by atoms with Crippen LogP contribution in [0.2, 0.25) is 0 Å². The highest BCUT2D eigenvalue weighted by Crippen LogP contribution is 2.52. The molecular weight excluding hydrogens is 388 g/mol. The number of methoxy groups -OCH3 is 1. The van der Waals surface area contributed by atoms with Gasteiger partial charge >= 0.3 is 0 Å². The van der Waals surface area contributed by atoms with Gasteiger partial charge in [0, 0.05) is 25.1 Å². The number of anilines is 1. The quantitative estimate of drug-likeness (QED) is 0.416. The van der Waals surface area contributed by atoms with Crippen LogP contribution in [0.4, 0.5) is 5.69 Å². The van der Waals surface area contributed by atoms with Crippen LogP contribution >= 0.6 is 0 Å². The fourth-order valence-electron chi connectivity index (χ4n) is 5.07. The number of benzene rings is 3. The molecule has 0 spiro atoms. The Labute approximate surface area is 181 Å². The number of phenolic OH excluding ortho intramolecular Hbond substituents is 1. The van der Waals surface area contributed by atoms with Crippen LogP contribution in [0, 0.1) is 5.92 Å². The van der Waals surface area contributed by atoms with Crippen molar-refractivity contribution < 1.29 is 14.6 Å². The second-order valence-corrected chi connectivity index (χ2v) is 8.21. The molecule has 31 heavy (non-hydrogen) atoms. The standard InChI is InChI=1S/C26H26N2O3/c1-31-15-14-27-26(30)21-11-5-9-19-18-8-4-10-20(18)25(28-24(19)21)23-17-7-3-2-6-16(17)12-13-22(23)29/h2-9,11-13,18,20,25,28-29H,10,14-15H2,1H3,(H,27,30). The lowest BCUT2D eigenvalue weighted by Crippen LogP contribution is -2.33. The average molecular weight is 415 g/mol. The Morgan fingerprint density at radius 3 is 2.90 bits per heavy atom. The average Bonchev–Trinajstić information content (AvgIpc) is 3.29. The highest BCUT2D eigenvalue weighted by molar-refractivity contribution is 6.01. The highest BCUT2D eigenvalue weighted by atomic mass is 16.5. The van der Waals surface area contributed by atoms with Crippen molar-refractivity contribution in [2.75, 3.05) is 25.6 Å². The number of carbonyl (C=O) groups is 1. The molecule has 3 atom stereocenters. The Morgan fingerprint density at radius 2 is 2.03 bits per heavy atom. The minimum absolute atomic E-state index is 0.105. The number of fused-ring (bicyclic) bond motifs is 4. The zero-order chi connectivity index (χ0) is 21.4.